The largest absolute Gasteiger partial charge is 0.494 e. The Bertz CT molecular complexity index is 382. The van der Waals surface area contributed by atoms with Crippen LogP contribution in [0.5, 0.6) is 5.75 Å². The molecule has 3 heteroatoms. The van der Waals surface area contributed by atoms with Crippen molar-refractivity contribution in [2.75, 3.05) is 6.61 Å². The quantitative estimate of drug-likeness (QED) is 0.821. The van der Waals surface area contributed by atoms with Gasteiger partial charge in [0.05, 0.1) is 25.2 Å². The van der Waals surface area contributed by atoms with Crippen molar-refractivity contribution in [3.8, 4) is 11.8 Å². The molecule has 0 radical (unpaired) electrons. The summed E-state index contributed by atoms with van der Waals surface area (Å²) in [5.74, 6) is 1.36. The molecular weight excluding hydrogens is 214 g/mol. The molecule has 1 unspecified atom stereocenters. The van der Waals surface area contributed by atoms with Crippen molar-refractivity contribution in [2.24, 2.45) is 5.92 Å². The van der Waals surface area contributed by atoms with Crippen molar-refractivity contribution in [1.29, 1.82) is 5.26 Å². The van der Waals surface area contributed by atoms with Gasteiger partial charge in [-0.3, -0.25) is 0 Å². The van der Waals surface area contributed by atoms with E-state index in [1.807, 2.05) is 18.2 Å². The zero-order valence-electron chi connectivity index (χ0n) is 10.4. The van der Waals surface area contributed by atoms with Crippen LogP contribution in [0.3, 0.4) is 0 Å². The van der Waals surface area contributed by atoms with E-state index in [1.54, 1.807) is 12.1 Å². The molecule has 0 spiro atoms. The molecule has 0 amide bonds. The normalized spacial score (nSPS) is 12.2. The maximum absolute atomic E-state index is 9.68. The lowest BCUT2D eigenvalue weighted by atomic mass is 10.1. The highest BCUT2D eigenvalue weighted by molar-refractivity contribution is 5.30. The average Bonchev–Trinajstić information content (AvgIpc) is 2.29. The summed E-state index contributed by atoms with van der Waals surface area (Å²) in [6.45, 7) is 4.97. The molecule has 0 fully saturated rings. The summed E-state index contributed by atoms with van der Waals surface area (Å²) in [7, 11) is 0. The van der Waals surface area contributed by atoms with Crippen LogP contribution < -0.4 is 4.74 Å². The molecule has 0 saturated heterocycles. The van der Waals surface area contributed by atoms with Crippen LogP contribution in [0, 0.1) is 17.2 Å². The van der Waals surface area contributed by atoms with Crippen LogP contribution in [0.2, 0.25) is 0 Å². The van der Waals surface area contributed by atoms with Crippen LogP contribution in [-0.4, -0.2) is 11.7 Å². The fraction of sp³-hybridized carbons (Fsp3) is 0.500. The van der Waals surface area contributed by atoms with Crippen LogP contribution in [-0.2, 0) is 0 Å². The second-order valence-corrected chi connectivity index (χ2v) is 4.48. The van der Waals surface area contributed by atoms with Crippen LogP contribution in [0.25, 0.3) is 0 Å². The molecule has 92 valence electrons. The van der Waals surface area contributed by atoms with Crippen LogP contribution in [0.1, 0.15) is 38.4 Å². The Balaban J connectivity index is 2.57. The summed E-state index contributed by atoms with van der Waals surface area (Å²) < 4.78 is 5.59. The van der Waals surface area contributed by atoms with Crippen molar-refractivity contribution < 1.29 is 9.84 Å². The van der Waals surface area contributed by atoms with Gasteiger partial charge < -0.3 is 9.84 Å². The SMILES string of the molecule is CC(C)CCOc1cccc(C(O)CC#N)c1. The average molecular weight is 233 g/mol. The number of ether oxygens (including phenoxy) is 1. The highest BCUT2D eigenvalue weighted by Gasteiger charge is 2.07. The number of aliphatic hydroxyl groups excluding tert-OH is 1. The Morgan fingerprint density at radius 1 is 1.41 bits per heavy atom. The number of benzene rings is 1. The zero-order valence-corrected chi connectivity index (χ0v) is 10.4. The summed E-state index contributed by atoms with van der Waals surface area (Å²) >= 11 is 0. The minimum absolute atomic E-state index is 0.107. The van der Waals surface area contributed by atoms with Crippen molar-refractivity contribution >= 4 is 0 Å². The third-order valence-electron chi connectivity index (χ3n) is 2.49. The number of nitrogens with zero attached hydrogens (tertiary/aromatic N) is 1. The van der Waals surface area contributed by atoms with Gasteiger partial charge in [-0.25, -0.2) is 0 Å². The molecule has 0 aliphatic heterocycles. The van der Waals surface area contributed by atoms with E-state index < -0.39 is 6.10 Å². The van der Waals surface area contributed by atoms with Gasteiger partial charge in [-0.1, -0.05) is 26.0 Å². The van der Waals surface area contributed by atoms with Gasteiger partial charge in [0, 0.05) is 0 Å². The molecule has 1 rings (SSSR count). The molecule has 0 aliphatic rings. The molecule has 1 aromatic carbocycles. The highest BCUT2D eigenvalue weighted by atomic mass is 16.5. The lowest BCUT2D eigenvalue weighted by Crippen LogP contribution is -2.02. The number of hydrogen-bond acceptors (Lipinski definition) is 3. The van der Waals surface area contributed by atoms with E-state index in [9.17, 15) is 5.11 Å². The summed E-state index contributed by atoms with van der Waals surface area (Å²) in [6.07, 6.45) is 0.383. The van der Waals surface area contributed by atoms with Crippen molar-refractivity contribution in [1.82, 2.24) is 0 Å². The molecular formula is C14H19NO2. The minimum atomic E-state index is -0.728. The van der Waals surface area contributed by atoms with Gasteiger partial charge in [0.15, 0.2) is 0 Å². The predicted octanol–water partition coefficient (Wildman–Crippen LogP) is 3.06. The van der Waals surface area contributed by atoms with Gasteiger partial charge in [0.25, 0.3) is 0 Å². The first kappa shape index (κ1) is 13.5. The van der Waals surface area contributed by atoms with Gasteiger partial charge in [-0.15, -0.1) is 0 Å². The van der Waals surface area contributed by atoms with Gasteiger partial charge in [0.2, 0.25) is 0 Å². The molecule has 1 aromatic rings. The van der Waals surface area contributed by atoms with Crippen LogP contribution >= 0.6 is 0 Å². The van der Waals surface area contributed by atoms with Gasteiger partial charge in [-0.05, 0) is 30.0 Å². The molecule has 17 heavy (non-hydrogen) atoms. The summed E-state index contributed by atoms with van der Waals surface area (Å²) in [6, 6.07) is 9.25. The predicted molar refractivity (Wildman–Crippen MR) is 66.6 cm³/mol. The highest BCUT2D eigenvalue weighted by Crippen LogP contribution is 2.21. The number of rotatable bonds is 6. The standard InChI is InChI=1S/C14H19NO2/c1-11(2)7-9-17-13-5-3-4-12(10-13)14(16)6-8-15/h3-5,10-11,14,16H,6-7,9H2,1-2H3. The van der Waals surface area contributed by atoms with Crippen LogP contribution in [0.4, 0.5) is 0 Å². The topological polar surface area (TPSA) is 53.2 Å². The van der Waals surface area contributed by atoms with Crippen LogP contribution in [0.15, 0.2) is 24.3 Å². The molecule has 1 N–H and O–H groups in total. The molecule has 3 nitrogen and oxygen atoms in total. The van der Waals surface area contributed by atoms with E-state index in [-0.39, 0.29) is 6.42 Å². The lowest BCUT2D eigenvalue weighted by Gasteiger charge is -2.11. The van der Waals surface area contributed by atoms with E-state index in [0.717, 1.165) is 17.7 Å². The van der Waals surface area contributed by atoms with E-state index in [2.05, 4.69) is 13.8 Å². The summed E-state index contributed by atoms with van der Waals surface area (Å²) in [5.41, 5.74) is 0.730. The number of nitriles is 1. The molecule has 0 saturated carbocycles. The summed E-state index contributed by atoms with van der Waals surface area (Å²) in [5, 5.41) is 18.2. The van der Waals surface area contributed by atoms with Crippen molar-refractivity contribution in [2.45, 2.75) is 32.8 Å². The first-order valence-electron chi connectivity index (χ1n) is 5.91. The lowest BCUT2D eigenvalue weighted by molar-refractivity contribution is 0.182. The molecule has 0 aromatic heterocycles. The molecule has 1 atom stereocenters. The fourth-order valence-electron chi connectivity index (χ4n) is 1.43. The molecule has 0 bridgehead atoms. The van der Waals surface area contributed by atoms with Gasteiger partial charge >= 0.3 is 0 Å². The van der Waals surface area contributed by atoms with Gasteiger partial charge in [-0.2, -0.15) is 5.26 Å². The first-order valence-corrected chi connectivity index (χ1v) is 5.91. The van der Waals surface area contributed by atoms with E-state index >= 15 is 0 Å². The van der Waals surface area contributed by atoms with E-state index in [0.29, 0.717) is 12.5 Å². The number of hydrogen-bond donors (Lipinski definition) is 1. The Hall–Kier alpha value is -1.53. The smallest absolute Gasteiger partial charge is 0.119 e. The Labute approximate surface area is 103 Å². The Morgan fingerprint density at radius 3 is 2.82 bits per heavy atom. The Kier molecular flexibility index (Phi) is 5.51. The second-order valence-electron chi connectivity index (χ2n) is 4.48. The monoisotopic (exact) mass is 233 g/mol. The second kappa shape index (κ2) is 6.93. The first-order chi connectivity index (χ1) is 8.13. The molecule has 0 aliphatic carbocycles. The fourth-order valence-corrected chi connectivity index (χ4v) is 1.43. The third kappa shape index (κ3) is 4.88. The minimum Gasteiger partial charge on any atom is -0.494 e. The Morgan fingerprint density at radius 2 is 2.18 bits per heavy atom. The maximum Gasteiger partial charge on any atom is 0.119 e. The number of aliphatic hydroxyl groups is 1. The summed E-state index contributed by atoms with van der Waals surface area (Å²) in [4.78, 5) is 0. The third-order valence-corrected chi connectivity index (χ3v) is 2.49. The van der Waals surface area contributed by atoms with Crippen molar-refractivity contribution in [3.63, 3.8) is 0 Å². The van der Waals surface area contributed by atoms with Gasteiger partial charge in [0.1, 0.15) is 5.75 Å². The molecule has 0 heterocycles. The zero-order chi connectivity index (χ0) is 12.7. The van der Waals surface area contributed by atoms with E-state index in [4.69, 9.17) is 10.00 Å². The van der Waals surface area contributed by atoms with E-state index in [1.165, 1.54) is 0 Å². The van der Waals surface area contributed by atoms with Crippen molar-refractivity contribution in [3.05, 3.63) is 29.8 Å². The maximum atomic E-state index is 9.68.